The zero-order chi connectivity index (χ0) is 14.3. The molecule has 1 rings (SSSR count). The largest absolute Gasteiger partial charge is 0.493 e. The van der Waals surface area contributed by atoms with E-state index in [-0.39, 0.29) is 11.7 Å². The van der Waals surface area contributed by atoms with Gasteiger partial charge in [-0.2, -0.15) is 0 Å². The smallest absolute Gasteiger partial charge is 0.209 e. The van der Waals surface area contributed by atoms with Crippen LogP contribution in [0.1, 0.15) is 32.3 Å². The average Bonchev–Trinajstić information content (AvgIpc) is 2.35. The minimum absolute atomic E-state index is 0.0195. The van der Waals surface area contributed by atoms with Gasteiger partial charge in [-0.15, -0.1) is 0 Å². The molecule has 0 aromatic heterocycles. The van der Waals surface area contributed by atoms with Gasteiger partial charge in [-0.25, -0.2) is 13.6 Å². The summed E-state index contributed by atoms with van der Waals surface area (Å²) in [5, 5.41) is 5.10. The van der Waals surface area contributed by atoms with E-state index in [1.165, 1.54) is 5.56 Å². The van der Waals surface area contributed by atoms with Gasteiger partial charge in [-0.1, -0.05) is 32.4 Å². The van der Waals surface area contributed by atoms with Crippen LogP contribution >= 0.6 is 0 Å². The molecule has 108 valence electrons. The lowest BCUT2D eigenvalue weighted by atomic mass is 10.1. The first kappa shape index (κ1) is 16.0. The first-order valence-corrected chi connectivity index (χ1v) is 8.38. The summed E-state index contributed by atoms with van der Waals surface area (Å²) in [5.41, 5.74) is 1.20. The Morgan fingerprint density at radius 1 is 1.32 bits per heavy atom. The van der Waals surface area contributed by atoms with Gasteiger partial charge < -0.3 is 4.74 Å². The highest BCUT2D eigenvalue weighted by Crippen LogP contribution is 2.16. The van der Waals surface area contributed by atoms with Crippen LogP contribution in [0.4, 0.5) is 0 Å². The first-order chi connectivity index (χ1) is 8.94. The Morgan fingerprint density at radius 2 is 2.05 bits per heavy atom. The van der Waals surface area contributed by atoms with Gasteiger partial charge in [0, 0.05) is 5.92 Å². The minimum atomic E-state index is -3.44. The number of rotatable bonds is 8. The van der Waals surface area contributed by atoms with Crippen LogP contribution in [0, 0.1) is 5.92 Å². The number of sulfonamides is 1. The maximum Gasteiger partial charge on any atom is 0.209 e. The van der Waals surface area contributed by atoms with Crippen molar-refractivity contribution in [2.75, 3.05) is 12.4 Å². The molecular weight excluding hydrogens is 262 g/mol. The lowest BCUT2D eigenvalue weighted by Gasteiger charge is -2.16. The number of primary sulfonamides is 1. The second-order valence-electron chi connectivity index (χ2n) is 4.80. The topological polar surface area (TPSA) is 69.4 Å². The van der Waals surface area contributed by atoms with Crippen molar-refractivity contribution in [2.45, 2.75) is 33.1 Å². The third-order valence-electron chi connectivity index (χ3n) is 2.96. The zero-order valence-corrected chi connectivity index (χ0v) is 12.4. The molecule has 0 saturated carbocycles. The Morgan fingerprint density at radius 3 is 2.63 bits per heavy atom. The molecule has 0 aliphatic rings. The fraction of sp³-hybridized carbons (Fsp3) is 0.571. The van der Waals surface area contributed by atoms with Crippen molar-refractivity contribution >= 4 is 10.0 Å². The van der Waals surface area contributed by atoms with E-state index < -0.39 is 10.0 Å². The fourth-order valence-corrected chi connectivity index (χ4v) is 2.94. The van der Waals surface area contributed by atoms with Crippen LogP contribution in [-0.4, -0.2) is 20.8 Å². The highest BCUT2D eigenvalue weighted by atomic mass is 32.2. The summed E-state index contributed by atoms with van der Waals surface area (Å²) in [4.78, 5) is 0. The van der Waals surface area contributed by atoms with Crippen LogP contribution in [-0.2, 0) is 16.4 Å². The molecule has 0 aliphatic carbocycles. The van der Waals surface area contributed by atoms with Crippen molar-refractivity contribution in [3.8, 4) is 5.75 Å². The van der Waals surface area contributed by atoms with E-state index in [1.807, 2.05) is 31.2 Å². The van der Waals surface area contributed by atoms with Gasteiger partial charge in [0.1, 0.15) is 5.75 Å². The Labute approximate surface area is 116 Å². The molecule has 19 heavy (non-hydrogen) atoms. The Hall–Kier alpha value is -1.07. The van der Waals surface area contributed by atoms with Crippen molar-refractivity contribution in [2.24, 2.45) is 11.1 Å². The lowest BCUT2D eigenvalue weighted by molar-refractivity contribution is 0.252. The van der Waals surface area contributed by atoms with Crippen LogP contribution in [0.3, 0.4) is 0 Å². The summed E-state index contributed by atoms with van der Waals surface area (Å²) in [5.74, 6) is 0.717. The van der Waals surface area contributed by atoms with Crippen LogP contribution < -0.4 is 9.88 Å². The lowest BCUT2D eigenvalue weighted by Crippen LogP contribution is -2.26. The normalized spacial score (nSPS) is 13.2. The summed E-state index contributed by atoms with van der Waals surface area (Å²) in [7, 11) is -3.44. The van der Waals surface area contributed by atoms with Crippen molar-refractivity contribution in [3.05, 3.63) is 29.8 Å². The van der Waals surface area contributed by atoms with Gasteiger partial charge in [0.05, 0.1) is 12.4 Å². The summed E-state index contributed by atoms with van der Waals surface area (Å²) >= 11 is 0. The quantitative estimate of drug-likeness (QED) is 0.797. The number of hydrogen-bond donors (Lipinski definition) is 1. The first-order valence-electron chi connectivity index (χ1n) is 6.66. The van der Waals surface area contributed by atoms with Gasteiger partial charge in [-0.3, -0.25) is 0 Å². The molecule has 0 amide bonds. The van der Waals surface area contributed by atoms with Crippen molar-refractivity contribution in [1.29, 1.82) is 0 Å². The maximum atomic E-state index is 11.2. The Bertz CT molecular complexity index is 485. The van der Waals surface area contributed by atoms with Crippen LogP contribution in [0.25, 0.3) is 0 Å². The Kier molecular flexibility index (Phi) is 6.31. The molecule has 0 saturated heterocycles. The average molecular weight is 285 g/mol. The predicted molar refractivity (Wildman–Crippen MR) is 77.7 cm³/mol. The van der Waals surface area contributed by atoms with Gasteiger partial charge in [0.15, 0.2) is 0 Å². The van der Waals surface area contributed by atoms with Crippen LogP contribution in [0.15, 0.2) is 24.3 Å². The Balaban J connectivity index is 2.59. The number of aryl methyl sites for hydroxylation is 1. The molecule has 2 N–H and O–H groups in total. The highest BCUT2D eigenvalue weighted by molar-refractivity contribution is 7.89. The maximum absolute atomic E-state index is 11.2. The second-order valence-corrected chi connectivity index (χ2v) is 6.46. The molecule has 0 aliphatic heterocycles. The van der Waals surface area contributed by atoms with E-state index >= 15 is 0 Å². The third kappa shape index (κ3) is 6.59. The van der Waals surface area contributed by atoms with Crippen molar-refractivity contribution < 1.29 is 13.2 Å². The zero-order valence-electron chi connectivity index (χ0n) is 11.6. The van der Waals surface area contributed by atoms with E-state index in [1.54, 1.807) is 0 Å². The summed E-state index contributed by atoms with van der Waals surface area (Å²) < 4.78 is 28.0. The van der Waals surface area contributed by atoms with Crippen molar-refractivity contribution in [1.82, 2.24) is 0 Å². The standard InChI is InChI=1S/C14H23NO3S/c1-3-6-13(11-19(15,16)17)10-18-14-8-5-7-12(4-2)9-14/h5,7-9,13H,3-4,6,10-11H2,1-2H3,(H2,15,16,17). The summed E-state index contributed by atoms with van der Waals surface area (Å²) in [6, 6.07) is 7.86. The molecule has 0 spiro atoms. The molecular formula is C14H23NO3S. The molecule has 5 heteroatoms. The molecule has 0 heterocycles. The number of nitrogens with two attached hydrogens (primary N) is 1. The monoisotopic (exact) mass is 285 g/mol. The highest BCUT2D eigenvalue weighted by Gasteiger charge is 2.16. The molecule has 0 fully saturated rings. The van der Waals surface area contributed by atoms with E-state index in [4.69, 9.17) is 9.88 Å². The van der Waals surface area contributed by atoms with Gasteiger partial charge in [0.2, 0.25) is 10.0 Å². The SMILES string of the molecule is CCCC(COc1cccc(CC)c1)CS(N)(=O)=O. The van der Waals surface area contributed by atoms with E-state index in [9.17, 15) is 8.42 Å². The second kappa shape index (κ2) is 7.50. The molecule has 1 unspecified atom stereocenters. The number of ether oxygens (including phenoxy) is 1. The van der Waals surface area contributed by atoms with E-state index in [2.05, 4.69) is 6.92 Å². The van der Waals surface area contributed by atoms with E-state index in [0.717, 1.165) is 25.0 Å². The molecule has 0 bridgehead atoms. The van der Waals surface area contributed by atoms with Crippen LogP contribution in [0.5, 0.6) is 5.75 Å². The van der Waals surface area contributed by atoms with Crippen LogP contribution in [0.2, 0.25) is 0 Å². The summed E-state index contributed by atoms with van der Waals surface area (Å²) in [6.07, 6.45) is 2.66. The number of hydrogen-bond acceptors (Lipinski definition) is 3. The van der Waals surface area contributed by atoms with Crippen molar-refractivity contribution in [3.63, 3.8) is 0 Å². The third-order valence-corrected chi connectivity index (χ3v) is 3.89. The van der Waals surface area contributed by atoms with Gasteiger partial charge in [-0.05, 0) is 30.5 Å². The van der Waals surface area contributed by atoms with E-state index in [0.29, 0.717) is 6.61 Å². The molecule has 0 radical (unpaired) electrons. The van der Waals surface area contributed by atoms with Gasteiger partial charge in [0.25, 0.3) is 0 Å². The molecule has 1 aromatic rings. The minimum Gasteiger partial charge on any atom is -0.493 e. The molecule has 1 aromatic carbocycles. The summed E-state index contributed by atoms with van der Waals surface area (Å²) in [6.45, 7) is 4.49. The number of benzene rings is 1. The fourth-order valence-electron chi connectivity index (χ4n) is 2.02. The molecule has 4 nitrogen and oxygen atoms in total. The van der Waals surface area contributed by atoms with Gasteiger partial charge >= 0.3 is 0 Å². The molecule has 1 atom stereocenters. The predicted octanol–water partition coefficient (Wildman–Crippen LogP) is 2.33.